The molecule has 0 saturated heterocycles. The van der Waals surface area contributed by atoms with E-state index in [1.165, 1.54) is 0 Å². The number of ether oxygens (including phenoxy) is 2. The van der Waals surface area contributed by atoms with Gasteiger partial charge in [-0.3, -0.25) is 4.79 Å². The van der Waals surface area contributed by atoms with Crippen LogP contribution in [0, 0.1) is 0 Å². The second-order valence-electron chi connectivity index (χ2n) is 6.61. The molecule has 5 nitrogen and oxygen atoms in total. The topological polar surface area (TPSA) is 55.8 Å². The van der Waals surface area contributed by atoms with Gasteiger partial charge in [-0.2, -0.15) is 0 Å². The minimum absolute atomic E-state index is 0.0637. The zero-order valence-corrected chi connectivity index (χ0v) is 15.3. The van der Waals surface area contributed by atoms with E-state index in [-0.39, 0.29) is 12.0 Å². The van der Waals surface area contributed by atoms with Gasteiger partial charge in [0.15, 0.2) is 6.10 Å². The summed E-state index contributed by atoms with van der Waals surface area (Å²) in [5, 5.41) is 0. The molecule has 3 rings (SSSR count). The average Bonchev–Trinajstić information content (AvgIpc) is 3.05. The number of benzene rings is 2. The second-order valence-corrected chi connectivity index (χ2v) is 6.61. The van der Waals surface area contributed by atoms with Crippen molar-refractivity contribution in [2.45, 2.75) is 39.4 Å². The largest absolute Gasteiger partial charge is 0.491 e. The zero-order valence-electron chi connectivity index (χ0n) is 15.3. The van der Waals surface area contributed by atoms with E-state index in [4.69, 9.17) is 9.47 Å². The van der Waals surface area contributed by atoms with E-state index in [2.05, 4.69) is 0 Å². The second kappa shape index (κ2) is 7.60. The molecule has 136 valence electrons. The molecule has 0 radical (unpaired) electrons. The van der Waals surface area contributed by atoms with Crippen LogP contribution in [0.15, 0.2) is 48.5 Å². The number of nitrogens with zero attached hydrogens (tertiary/aromatic N) is 1. The lowest BCUT2D eigenvalue weighted by atomic mass is 10.2. The molecule has 1 atom stereocenters. The van der Waals surface area contributed by atoms with Crippen LogP contribution < -0.4 is 9.64 Å². The summed E-state index contributed by atoms with van der Waals surface area (Å²) in [5.74, 6) is -0.0353. The first kappa shape index (κ1) is 18.0. The Morgan fingerprint density at radius 2 is 1.69 bits per heavy atom. The molecule has 1 aliphatic heterocycles. The predicted molar refractivity (Wildman–Crippen MR) is 99.6 cm³/mol. The van der Waals surface area contributed by atoms with Crippen molar-refractivity contribution in [2.24, 2.45) is 0 Å². The zero-order chi connectivity index (χ0) is 18.7. The van der Waals surface area contributed by atoms with E-state index in [0.29, 0.717) is 17.9 Å². The molecular weight excluding hydrogens is 330 g/mol. The fourth-order valence-electron chi connectivity index (χ4n) is 3.01. The fraction of sp³-hybridized carbons (Fsp3) is 0.333. The van der Waals surface area contributed by atoms with Gasteiger partial charge in [0.05, 0.1) is 11.7 Å². The molecule has 1 heterocycles. The average molecular weight is 353 g/mol. The quantitative estimate of drug-likeness (QED) is 0.771. The van der Waals surface area contributed by atoms with E-state index in [9.17, 15) is 9.59 Å². The Hall–Kier alpha value is -2.82. The first-order valence-electron chi connectivity index (χ1n) is 8.82. The van der Waals surface area contributed by atoms with Crippen LogP contribution in [-0.2, 0) is 16.0 Å². The van der Waals surface area contributed by atoms with Crippen molar-refractivity contribution in [3.63, 3.8) is 0 Å². The van der Waals surface area contributed by atoms with Crippen molar-refractivity contribution in [3.8, 4) is 5.75 Å². The molecule has 0 aliphatic carbocycles. The van der Waals surface area contributed by atoms with Crippen molar-refractivity contribution in [3.05, 3.63) is 59.7 Å². The number of amides is 1. The van der Waals surface area contributed by atoms with Gasteiger partial charge < -0.3 is 14.4 Å². The molecule has 0 spiro atoms. The van der Waals surface area contributed by atoms with E-state index in [0.717, 1.165) is 17.7 Å². The smallest absolute Gasteiger partial charge is 0.338 e. The Kier molecular flexibility index (Phi) is 5.26. The van der Waals surface area contributed by atoms with Gasteiger partial charge >= 0.3 is 5.97 Å². The van der Waals surface area contributed by atoms with E-state index in [1.54, 1.807) is 36.1 Å². The minimum Gasteiger partial charge on any atom is -0.491 e. The first-order chi connectivity index (χ1) is 12.5. The highest BCUT2D eigenvalue weighted by Gasteiger charge is 2.29. The summed E-state index contributed by atoms with van der Waals surface area (Å²) < 4.78 is 10.9. The van der Waals surface area contributed by atoms with Gasteiger partial charge in [0, 0.05) is 12.2 Å². The molecule has 2 aromatic rings. The molecule has 2 aromatic carbocycles. The standard InChI is InChI=1S/C21H23NO4/c1-14(2)25-18-10-8-17(9-11-18)21(24)26-15(3)20(23)22-13-12-16-6-4-5-7-19(16)22/h4-11,14-15H,12-13H2,1-3H3/t15-/m1/s1. The number of fused-ring (bicyclic) bond motifs is 1. The number of para-hydroxylation sites is 1. The summed E-state index contributed by atoms with van der Waals surface area (Å²) in [6.45, 7) is 6.09. The van der Waals surface area contributed by atoms with Crippen LogP contribution in [-0.4, -0.2) is 30.6 Å². The Labute approximate surface area is 153 Å². The molecular formula is C21H23NO4. The summed E-state index contributed by atoms with van der Waals surface area (Å²) in [5.41, 5.74) is 2.43. The van der Waals surface area contributed by atoms with Crippen molar-refractivity contribution in [1.82, 2.24) is 0 Å². The number of hydrogen-bond donors (Lipinski definition) is 0. The van der Waals surface area contributed by atoms with Gasteiger partial charge in [-0.15, -0.1) is 0 Å². The van der Waals surface area contributed by atoms with Crippen LogP contribution >= 0.6 is 0 Å². The Morgan fingerprint density at radius 3 is 2.38 bits per heavy atom. The first-order valence-corrected chi connectivity index (χ1v) is 8.82. The monoisotopic (exact) mass is 353 g/mol. The lowest BCUT2D eigenvalue weighted by Crippen LogP contribution is -2.39. The number of anilines is 1. The van der Waals surface area contributed by atoms with E-state index >= 15 is 0 Å². The van der Waals surface area contributed by atoms with E-state index in [1.807, 2.05) is 38.1 Å². The van der Waals surface area contributed by atoms with Gasteiger partial charge in [0.2, 0.25) is 0 Å². The van der Waals surface area contributed by atoms with Crippen LogP contribution in [0.4, 0.5) is 5.69 Å². The van der Waals surface area contributed by atoms with Gasteiger partial charge in [-0.25, -0.2) is 4.79 Å². The van der Waals surface area contributed by atoms with Gasteiger partial charge in [0.25, 0.3) is 5.91 Å². The van der Waals surface area contributed by atoms with Gasteiger partial charge in [-0.1, -0.05) is 18.2 Å². The number of hydrogen-bond acceptors (Lipinski definition) is 4. The Morgan fingerprint density at radius 1 is 1.00 bits per heavy atom. The number of carbonyl (C=O) groups excluding carboxylic acids is 2. The van der Waals surface area contributed by atoms with Crippen molar-refractivity contribution < 1.29 is 19.1 Å². The van der Waals surface area contributed by atoms with Crippen molar-refractivity contribution in [2.75, 3.05) is 11.4 Å². The lowest BCUT2D eigenvalue weighted by Gasteiger charge is -2.21. The summed E-state index contributed by atoms with van der Waals surface area (Å²) in [6.07, 6.45) is 0.0360. The van der Waals surface area contributed by atoms with Crippen LogP contribution in [0.1, 0.15) is 36.7 Å². The molecule has 1 aliphatic rings. The van der Waals surface area contributed by atoms with Gasteiger partial charge in [0.1, 0.15) is 5.75 Å². The van der Waals surface area contributed by atoms with Crippen molar-refractivity contribution in [1.29, 1.82) is 0 Å². The third-order valence-electron chi connectivity index (χ3n) is 4.25. The van der Waals surface area contributed by atoms with Crippen LogP contribution in [0.25, 0.3) is 0 Å². The molecule has 0 N–H and O–H groups in total. The third-order valence-corrected chi connectivity index (χ3v) is 4.25. The van der Waals surface area contributed by atoms with Crippen LogP contribution in [0.2, 0.25) is 0 Å². The molecule has 26 heavy (non-hydrogen) atoms. The highest BCUT2D eigenvalue weighted by Crippen LogP contribution is 2.28. The van der Waals surface area contributed by atoms with Gasteiger partial charge in [-0.05, 0) is 63.1 Å². The maximum absolute atomic E-state index is 12.7. The van der Waals surface area contributed by atoms with E-state index < -0.39 is 12.1 Å². The Balaban J connectivity index is 1.63. The van der Waals surface area contributed by atoms with Crippen LogP contribution in [0.5, 0.6) is 5.75 Å². The number of carbonyl (C=O) groups is 2. The summed E-state index contributed by atoms with van der Waals surface area (Å²) in [4.78, 5) is 26.7. The molecule has 0 bridgehead atoms. The Bertz CT molecular complexity index is 798. The minimum atomic E-state index is -0.847. The SMILES string of the molecule is CC(C)Oc1ccc(C(=O)O[C@H](C)C(=O)N2CCc3ccccc32)cc1. The normalized spacial score (nSPS) is 14.1. The third kappa shape index (κ3) is 3.87. The number of rotatable bonds is 5. The highest BCUT2D eigenvalue weighted by atomic mass is 16.5. The number of esters is 1. The molecule has 0 fully saturated rings. The molecule has 0 aromatic heterocycles. The predicted octanol–water partition coefficient (Wildman–Crippen LogP) is 3.61. The highest BCUT2D eigenvalue weighted by molar-refractivity contribution is 6.00. The summed E-state index contributed by atoms with van der Waals surface area (Å²) in [7, 11) is 0. The maximum Gasteiger partial charge on any atom is 0.338 e. The molecule has 0 unspecified atom stereocenters. The summed E-state index contributed by atoms with van der Waals surface area (Å²) >= 11 is 0. The molecule has 0 saturated carbocycles. The summed E-state index contributed by atoms with van der Waals surface area (Å²) in [6, 6.07) is 14.5. The lowest BCUT2D eigenvalue weighted by molar-refractivity contribution is -0.126. The van der Waals surface area contributed by atoms with Crippen LogP contribution in [0.3, 0.4) is 0 Å². The molecule has 1 amide bonds. The fourth-order valence-corrected chi connectivity index (χ4v) is 3.01. The maximum atomic E-state index is 12.7. The molecule has 5 heteroatoms. The van der Waals surface area contributed by atoms with Crippen molar-refractivity contribution >= 4 is 17.6 Å².